The Labute approximate surface area is 134 Å². The Bertz CT molecular complexity index is 518. The van der Waals surface area contributed by atoms with Crippen LogP contribution in [0.2, 0.25) is 10.0 Å². The molecule has 1 aromatic carbocycles. The summed E-state index contributed by atoms with van der Waals surface area (Å²) in [5, 5.41) is 3.36. The lowest BCUT2D eigenvalue weighted by molar-refractivity contribution is -0.145. The molecule has 6 heteroatoms. The zero-order chi connectivity index (χ0) is 16.0. The molecule has 21 heavy (non-hydrogen) atoms. The van der Waals surface area contributed by atoms with Gasteiger partial charge < -0.3 is 10.1 Å². The fourth-order valence-corrected chi connectivity index (χ4v) is 2.33. The van der Waals surface area contributed by atoms with Gasteiger partial charge in [-0.3, -0.25) is 4.79 Å². The number of rotatable bonds is 6. The van der Waals surface area contributed by atoms with Crippen LogP contribution in [0.1, 0.15) is 37.6 Å². The van der Waals surface area contributed by atoms with Crippen molar-refractivity contribution < 1.29 is 14.3 Å². The Kier molecular flexibility index (Phi) is 6.99. The minimum Gasteiger partial charge on any atom is -0.464 e. The van der Waals surface area contributed by atoms with Crippen LogP contribution in [0.5, 0.6) is 0 Å². The Morgan fingerprint density at radius 3 is 2.48 bits per heavy atom. The highest BCUT2D eigenvalue weighted by atomic mass is 35.5. The number of nitrogens with one attached hydrogen (secondary N) is 1. The van der Waals surface area contributed by atoms with E-state index in [1.54, 1.807) is 13.0 Å². The van der Waals surface area contributed by atoms with E-state index in [2.05, 4.69) is 5.32 Å². The van der Waals surface area contributed by atoms with Gasteiger partial charge in [-0.2, -0.15) is 0 Å². The van der Waals surface area contributed by atoms with Crippen LogP contribution in [0.15, 0.2) is 18.2 Å². The summed E-state index contributed by atoms with van der Waals surface area (Å²) in [5.41, 5.74) is 0.277. The molecule has 1 amide bonds. The van der Waals surface area contributed by atoms with E-state index in [4.69, 9.17) is 27.9 Å². The van der Waals surface area contributed by atoms with Crippen LogP contribution in [0.25, 0.3) is 0 Å². The zero-order valence-electron chi connectivity index (χ0n) is 12.3. The molecule has 0 heterocycles. The van der Waals surface area contributed by atoms with Crippen LogP contribution in [-0.2, 0) is 9.53 Å². The minimum absolute atomic E-state index is 0.236. The lowest BCUT2D eigenvalue weighted by Crippen LogP contribution is -2.42. The third kappa shape index (κ3) is 5.56. The summed E-state index contributed by atoms with van der Waals surface area (Å²) in [7, 11) is 0. The van der Waals surface area contributed by atoms with Gasteiger partial charge >= 0.3 is 5.97 Å². The first-order valence-corrected chi connectivity index (χ1v) is 7.53. The third-order valence-corrected chi connectivity index (χ3v) is 3.31. The molecule has 0 aromatic heterocycles. The quantitative estimate of drug-likeness (QED) is 0.808. The zero-order valence-corrected chi connectivity index (χ0v) is 13.8. The Balaban J connectivity index is 2.86. The predicted molar refractivity (Wildman–Crippen MR) is 83.8 cm³/mol. The molecule has 1 unspecified atom stereocenters. The fourth-order valence-electron chi connectivity index (χ4n) is 1.84. The van der Waals surface area contributed by atoms with Crippen molar-refractivity contribution in [3.05, 3.63) is 33.8 Å². The highest BCUT2D eigenvalue weighted by Gasteiger charge is 2.24. The Morgan fingerprint density at radius 1 is 1.29 bits per heavy atom. The van der Waals surface area contributed by atoms with E-state index >= 15 is 0 Å². The first kappa shape index (κ1) is 17.8. The second-order valence-corrected chi connectivity index (χ2v) is 5.88. The Hall–Kier alpha value is -1.26. The van der Waals surface area contributed by atoms with Crippen LogP contribution in [0, 0.1) is 5.92 Å². The summed E-state index contributed by atoms with van der Waals surface area (Å²) in [4.78, 5) is 24.1. The number of carbonyl (C=O) groups excluding carboxylic acids is 2. The van der Waals surface area contributed by atoms with Crippen LogP contribution in [0.4, 0.5) is 0 Å². The maximum Gasteiger partial charge on any atom is 0.328 e. The summed E-state index contributed by atoms with van der Waals surface area (Å²) in [5.74, 6) is -0.625. The number of ether oxygens (including phenoxy) is 1. The van der Waals surface area contributed by atoms with Gasteiger partial charge in [0.2, 0.25) is 0 Å². The molecule has 0 fully saturated rings. The van der Waals surface area contributed by atoms with Gasteiger partial charge in [-0.25, -0.2) is 4.79 Å². The molecule has 0 aliphatic heterocycles. The molecule has 1 aromatic rings. The summed E-state index contributed by atoms with van der Waals surface area (Å²) in [6, 6.07) is 3.89. The van der Waals surface area contributed by atoms with Crippen LogP contribution in [-0.4, -0.2) is 24.5 Å². The molecular weight excluding hydrogens is 313 g/mol. The van der Waals surface area contributed by atoms with Crippen molar-refractivity contribution in [3.63, 3.8) is 0 Å². The molecular formula is C15H19Cl2NO3. The van der Waals surface area contributed by atoms with Gasteiger partial charge in [0.1, 0.15) is 6.04 Å². The topological polar surface area (TPSA) is 55.4 Å². The largest absolute Gasteiger partial charge is 0.464 e. The van der Waals surface area contributed by atoms with Crippen molar-refractivity contribution >= 4 is 35.1 Å². The highest BCUT2D eigenvalue weighted by Crippen LogP contribution is 2.21. The van der Waals surface area contributed by atoms with E-state index in [9.17, 15) is 9.59 Å². The van der Waals surface area contributed by atoms with Crippen molar-refractivity contribution in [1.82, 2.24) is 5.32 Å². The average molecular weight is 332 g/mol. The number of hydrogen-bond acceptors (Lipinski definition) is 3. The highest BCUT2D eigenvalue weighted by molar-refractivity contribution is 6.36. The molecule has 0 saturated carbocycles. The molecule has 0 aliphatic carbocycles. The molecule has 0 radical (unpaired) electrons. The number of esters is 1. The van der Waals surface area contributed by atoms with Gasteiger partial charge in [0.05, 0.1) is 17.2 Å². The number of amides is 1. The first-order valence-electron chi connectivity index (χ1n) is 6.77. The number of hydrogen-bond donors (Lipinski definition) is 1. The second kappa shape index (κ2) is 8.25. The second-order valence-electron chi connectivity index (χ2n) is 5.03. The number of carbonyl (C=O) groups is 2. The van der Waals surface area contributed by atoms with Crippen molar-refractivity contribution in [1.29, 1.82) is 0 Å². The van der Waals surface area contributed by atoms with E-state index in [0.717, 1.165) is 0 Å². The average Bonchev–Trinajstić information content (AvgIpc) is 2.37. The minimum atomic E-state index is -0.691. The van der Waals surface area contributed by atoms with Gasteiger partial charge in [0.15, 0.2) is 0 Å². The summed E-state index contributed by atoms with van der Waals surface area (Å²) in [6.07, 6.45) is 0.496. The van der Waals surface area contributed by atoms with Crippen molar-refractivity contribution in [2.45, 2.75) is 33.2 Å². The summed E-state index contributed by atoms with van der Waals surface area (Å²) < 4.78 is 4.98. The van der Waals surface area contributed by atoms with Gasteiger partial charge in [-0.15, -0.1) is 0 Å². The molecule has 1 rings (SSSR count). The first-order chi connectivity index (χ1) is 9.85. The fraction of sp³-hybridized carbons (Fsp3) is 0.467. The van der Waals surface area contributed by atoms with Crippen LogP contribution in [0.3, 0.4) is 0 Å². The normalized spacial score (nSPS) is 12.1. The molecule has 0 spiro atoms. The SMILES string of the molecule is CCOC(=O)C(CC(C)C)NC(=O)c1ccc(Cl)cc1Cl. The maximum absolute atomic E-state index is 12.2. The molecule has 4 nitrogen and oxygen atoms in total. The van der Waals surface area contributed by atoms with E-state index in [0.29, 0.717) is 11.4 Å². The van der Waals surface area contributed by atoms with E-state index in [-0.39, 0.29) is 23.1 Å². The molecule has 1 N–H and O–H groups in total. The van der Waals surface area contributed by atoms with E-state index in [1.807, 2.05) is 13.8 Å². The van der Waals surface area contributed by atoms with E-state index < -0.39 is 17.9 Å². The maximum atomic E-state index is 12.2. The molecule has 0 aliphatic rings. The van der Waals surface area contributed by atoms with Crippen LogP contribution >= 0.6 is 23.2 Å². The lowest BCUT2D eigenvalue weighted by Gasteiger charge is -2.19. The molecule has 116 valence electrons. The lowest BCUT2D eigenvalue weighted by atomic mass is 10.0. The third-order valence-electron chi connectivity index (χ3n) is 2.76. The standard InChI is InChI=1S/C15H19Cl2NO3/c1-4-21-15(20)13(7-9(2)3)18-14(19)11-6-5-10(16)8-12(11)17/h5-6,8-9,13H,4,7H2,1-3H3,(H,18,19). The smallest absolute Gasteiger partial charge is 0.328 e. The van der Waals surface area contributed by atoms with Crippen molar-refractivity contribution in [2.24, 2.45) is 5.92 Å². The molecule has 1 atom stereocenters. The number of benzene rings is 1. The number of halogens is 2. The van der Waals surface area contributed by atoms with Crippen molar-refractivity contribution in [2.75, 3.05) is 6.61 Å². The summed E-state index contributed by atoms with van der Waals surface area (Å²) in [6.45, 7) is 5.93. The monoisotopic (exact) mass is 331 g/mol. The van der Waals surface area contributed by atoms with Crippen LogP contribution < -0.4 is 5.32 Å². The van der Waals surface area contributed by atoms with Crippen molar-refractivity contribution in [3.8, 4) is 0 Å². The van der Waals surface area contributed by atoms with Gasteiger partial charge in [-0.1, -0.05) is 37.0 Å². The summed E-state index contributed by atoms with van der Waals surface area (Å²) >= 11 is 11.8. The van der Waals surface area contributed by atoms with Gasteiger partial charge in [-0.05, 0) is 37.5 Å². The molecule has 0 saturated heterocycles. The predicted octanol–water partition coefficient (Wildman–Crippen LogP) is 3.70. The molecule has 0 bridgehead atoms. The van der Waals surface area contributed by atoms with Gasteiger partial charge in [0, 0.05) is 5.02 Å². The Morgan fingerprint density at radius 2 is 1.95 bits per heavy atom. The van der Waals surface area contributed by atoms with E-state index in [1.165, 1.54) is 12.1 Å². The van der Waals surface area contributed by atoms with Gasteiger partial charge in [0.25, 0.3) is 5.91 Å².